The number of thiophene rings is 1. The topological polar surface area (TPSA) is 57.6 Å². The Bertz CT molecular complexity index is 811. The van der Waals surface area contributed by atoms with Gasteiger partial charge >= 0.3 is 0 Å². The summed E-state index contributed by atoms with van der Waals surface area (Å²) in [5, 5.41) is 12.4. The van der Waals surface area contributed by atoms with E-state index in [9.17, 15) is 14.7 Å². The van der Waals surface area contributed by atoms with Gasteiger partial charge in [0, 0.05) is 17.8 Å². The number of Topliss-reactive ketones (excluding diaryl/α,β-unsaturated/α-hetero) is 1. The van der Waals surface area contributed by atoms with Crippen LogP contribution in [0.2, 0.25) is 0 Å². The standard InChI is InChI=1S/C22H25NO3S/c1-2-3-7-14-23-20(18-11-8-15-27-18)19(21(25)22(23)26)17(24)13-12-16-9-5-4-6-10-16/h4-6,8-11,15,20,25H,2-3,7,12-14H2,1H3. The predicted molar refractivity (Wildman–Crippen MR) is 108 cm³/mol. The minimum atomic E-state index is -0.461. The van der Waals surface area contributed by atoms with Gasteiger partial charge in [0.05, 0.1) is 11.6 Å². The van der Waals surface area contributed by atoms with Crippen molar-refractivity contribution in [2.75, 3.05) is 6.54 Å². The van der Waals surface area contributed by atoms with Gasteiger partial charge in [0.15, 0.2) is 11.5 Å². The Hall–Kier alpha value is -2.40. The summed E-state index contributed by atoms with van der Waals surface area (Å²) in [6.45, 7) is 2.66. The maximum atomic E-state index is 13.0. The number of carbonyl (C=O) groups excluding carboxylic acids is 2. The van der Waals surface area contributed by atoms with E-state index in [1.807, 2.05) is 47.8 Å². The monoisotopic (exact) mass is 383 g/mol. The number of nitrogens with zero attached hydrogens (tertiary/aromatic N) is 1. The number of aliphatic hydroxyl groups excluding tert-OH is 1. The van der Waals surface area contributed by atoms with Crippen LogP contribution >= 0.6 is 11.3 Å². The Morgan fingerprint density at radius 1 is 1.15 bits per heavy atom. The Morgan fingerprint density at radius 3 is 2.59 bits per heavy atom. The third kappa shape index (κ3) is 4.30. The molecule has 1 amide bonds. The molecule has 1 unspecified atom stereocenters. The molecule has 1 aromatic heterocycles. The first kappa shape index (κ1) is 19.4. The molecule has 0 saturated carbocycles. The van der Waals surface area contributed by atoms with Crippen LogP contribution in [-0.2, 0) is 16.0 Å². The molecule has 0 radical (unpaired) electrons. The van der Waals surface area contributed by atoms with Crippen LogP contribution in [0.1, 0.15) is 49.1 Å². The van der Waals surface area contributed by atoms with Crippen LogP contribution in [0.25, 0.3) is 0 Å². The van der Waals surface area contributed by atoms with Crippen molar-refractivity contribution in [3.05, 3.63) is 69.6 Å². The van der Waals surface area contributed by atoms with Crippen molar-refractivity contribution in [1.29, 1.82) is 0 Å². The molecule has 0 fully saturated rings. The second-order valence-electron chi connectivity index (χ2n) is 6.79. The summed E-state index contributed by atoms with van der Waals surface area (Å²) >= 11 is 1.51. The highest BCUT2D eigenvalue weighted by atomic mass is 32.1. The number of carbonyl (C=O) groups is 2. The number of benzene rings is 1. The van der Waals surface area contributed by atoms with E-state index in [0.717, 1.165) is 29.7 Å². The van der Waals surface area contributed by atoms with Crippen molar-refractivity contribution in [1.82, 2.24) is 4.90 Å². The Labute approximate surface area is 164 Å². The van der Waals surface area contributed by atoms with Gasteiger partial charge in [-0.15, -0.1) is 11.3 Å². The summed E-state index contributed by atoms with van der Waals surface area (Å²) in [7, 11) is 0. The van der Waals surface area contributed by atoms with E-state index in [2.05, 4.69) is 6.92 Å². The van der Waals surface area contributed by atoms with Gasteiger partial charge in [-0.25, -0.2) is 0 Å². The third-order valence-corrected chi connectivity index (χ3v) is 5.83. The SMILES string of the molecule is CCCCCN1C(=O)C(O)=C(C(=O)CCc2ccccc2)C1c1cccs1. The summed E-state index contributed by atoms with van der Waals surface area (Å²) in [4.78, 5) is 28.2. The van der Waals surface area contributed by atoms with Crippen molar-refractivity contribution in [2.24, 2.45) is 0 Å². The number of hydrogen-bond donors (Lipinski definition) is 1. The summed E-state index contributed by atoms with van der Waals surface area (Å²) < 4.78 is 0. The summed E-state index contributed by atoms with van der Waals surface area (Å²) in [6.07, 6.45) is 3.80. The molecule has 1 aliphatic rings. The fraction of sp³-hybridized carbons (Fsp3) is 0.364. The second kappa shape index (κ2) is 9.00. The van der Waals surface area contributed by atoms with Crippen molar-refractivity contribution in [2.45, 2.75) is 45.1 Å². The molecular formula is C22H25NO3S. The lowest BCUT2D eigenvalue weighted by Crippen LogP contribution is -2.31. The first-order chi connectivity index (χ1) is 13.1. The molecule has 0 saturated heterocycles. The lowest BCUT2D eigenvalue weighted by molar-refractivity contribution is -0.129. The first-order valence-electron chi connectivity index (χ1n) is 9.48. The largest absolute Gasteiger partial charge is 0.503 e. The van der Waals surface area contributed by atoms with Crippen LogP contribution < -0.4 is 0 Å². The van der Waals surface area contributed by atoms with Gasteiger partial charge in [-0.1, -0.05) is 56.2 Å². The van der Waals surface area contributed by atoms with E-state index in [1.54, 1.807) is 4.90 Å². The molecule has 1 atom stereocenters. The number of rotatable bonds is 9. The summed E-state index contributed by atoms with van der Waals surface area (Å²) in [5.74, 6) is -0.948. The number of amides is 1. The molecule has 0 aliphatic carbocycles. The van der Waals surface area contributed by atoms with Crippen molar-refractivity contribution in [3.63, 3.8) is 0 Å². The summed E-state index contributed by atoms with van der Waals surface area (Å²) in [6, 6.07) is 13.2. The third-order valence-electron chi connectivity index (χ3n) is 4.90. The van der Waals surface area contributed by atoms with Crippen LogP contribution in [0, 0.1) is 0 Å². The minimum Gasteiger partial charge on any atom is -0.503 e. The zero-order valence-corrected chi connectivity index (χ0v) is 16.4. The van der Waals surface area contributed by atoms with E-state index in [0.29, 0.717) is 13.0 Å². The number of ketones is 1. The second-order valence-corrected chi connectivity index (χ2v) is 7.77. The highest BCUT2D eigenvalue weighted by Crippen LogP contribution is 2.40. The molecule has 0 spiro atoms. The average molecular weight is 384 g/mol. The van der Waals surface area contributed by atoms with Crippen LogP contribution in [0.4, 0.5) is 0 Å². The predicted octanol–water partition coefficient (Wildman–Crippen LogP) is 4.84. The molecule has 1 aliphatic heterocycles. The number of hydrogen-bond acceptors (Lipinski definition) is 4. The Balaban J connectivity index is 1.81. The number of unbranched alkanes of at least 4 members (excludes halogenated alkanes) is 2. The molecule has 3 rings (SSSR count). The summed E-state index contributed by atoms with van der Waals surface area (Å²) in [5.41, 5.74) is 1.33. The molecule has 1 N–H and O–H groups in total. The highest BCUT2D eigenvalue weighted by Gasteiger charge is 2.43. The first-order valence-corrected chi connectivity index (χ1v) is 10.4. The van der Waals surface area contributed by atoms with Gasteiger partial charge in [-0.2, -0.15) is 0 Å². The van der Waals surface area contributed by atoms with Gasteiger partial charge in [0.2, 0.25) is 0 Å². The van der Waals surface area contributed by atoms with Gasteiger partial charge in [0.1, 0.15) is 0 Å². The molecule has 27 heavy (non-hydrogen) atoms. The maximum Gasteiger partial charge on any atom is 0.290 e. The fourth-order valence-electron chi connectivity index (χ4n) is 3.48. The van der Waals surface area contributed by atoms with E-state index < -0.39 is 11.9 Å². The molecule has 2 heterocycles. The van der Waals surface area contributed by atoms with Gasteiger partial charge in [-0.3, -0.25) is 9.59 Å². The quantitative estimate of drug-likeness (QED) is 0.631. The van der Waals surface area contributed by atoms with Crippen LogP contribution in [-0.4, -0.2) is 28.2 Å². The zero-order chi connectivity index (χ0) is 19.2. The van der Waals surface area contributed by atoms with Gasteiger partial charge in [-0.05, 0) is 29.9 Å². The molecular weight excluding hydrogens is 358 g/mol. The lowest BCUT2D eigenvalue weighted by Gasteiger charge is -2.25. The Kier molecular flexibility index (Phi) is 6.45. The van der Waals surface area contributed by atoms with E-state index in [1.165, 1.54) is 11.3 Å². The lowest BCUT2D eigenvalue weighted by atomic mass is 9.97. The fourth-order valence-corrected chi connectivity index (χ4v) is 4.33. The molecule has 0 bridgehead atoms. The van der Waals surface area contributed by atoms with Crippen molar-refractivity contribution < 1.29 is 14.7 Å². The molecule has 5 heteroatoms. The molecule has 4 nitrogen and oxygen atoms in total. The normalized spacial score (nSPS) is 17.0. The van der Waals surface area contributed by atoms with Crippen LogP contribution in [0.3, 0.4) is 0 Å². The zero-order valence-electron chi connectivity index (χ0n) is 15.6. The van der Waals surface area contributed by atoms with Crippen molar-refractivity contribution >= 4 is 23.0 Å². The smallest absolute Gasteiger partial charge is 0.290 e. The van der Waals surface area contributed by atoms with E-state index >= 15 is 0 Å². The Morgan fingerprint density at radius 2 is 1.93 bits per heavy atom. The van der Waals surface area contributed by atoms with Gasteiger partial charge < -0.3 is 10.0 Å². The van der Waals surface area contributed by atoms with Crippen LogP contribution in [0.15, 0.2) is 59.2 Å². The molecule has 142 valence electrons. The minimum absolute atomic E-state index is 0.152. The number of aliphatic hydroxyl groups is 1. The van der Waals surface area contributed by atoms with Crippen LogP contribution in [0.5, 0.6) is 0 Å². The van der Waals surface area contributed by atoms with E-state index in [4.69, 9.17) is 0 Å². The maximum absolute atomic E-state index is 13.0. The number of aryl methyl sites for hydroxylation is 1. The van der Waals surface area contributed by atoms with Gasteiger partial charge in [0.25, 0.3) is 5.91 Å². The molecule has 2 aromatic rings. The highest BCUT2D eigenvalue weighted by molar-refractivity contribution is 7.10. The average Bonchev–Trinajstić information content (AvgIpc) is 3.29. The van der Waals surface area contributed by atoms with E-state index in [-0.39, 0.29) is 23.5 Å². The molecule has 1 aromatic carbocycles. The van der Waals surface area contributed by atoms with Crippen molar-refractivity contribution in [3.8, 4) is 0 Å².